The number of amides is 2. The number of nitrogens with zero attached hydrogens (tertiary/aromatic N) is 3. The highest BCUT2D eigenvalue weighted by atomic mass is 32.2. The molecule has 38 heavy (non-hydrogen) atoms. The lowest BCUT2D eigenvalue weighted by molar-refractivity contribution is -0.121. The number of anilines is 1. The van der Waals surface area contributed by atoms with E-state index in [4.69, 9.17) is 14.6 Å². The molecule has 5 rings (SSSR count). The van der Waals surface area contributed by atoms with E-state index in [9.17, 15) is 14.0 Å². The number of thioether (sulfide) groups is 1. The lowest BCUT2D eigenvalue weighted by Crippen LogP contribution is -2.25. The first kappa shape index (κ1) is 25.5. The molecular formula is C28H25FN4O4S. The van der Waals surface area contributed by atoms with Gasteiger partial charge >= 0.3 is 0 Å². The minimum atomic E-state index is -0.699. The molecule has 0 radical (unpaired) electrons. The number of carbonyl (C=O) groups excluding carboxylic acids is 2. The van der Waals surface area contributed by atoms with Gasteiger partial charge in [0.1, 0.15) is 22.6 Å². The monoisotopic (exact) mass is 532 g/mol. The Morgan fingerprint density at radius 3 is 2.39 bits per heavy atom. The Morgan fingerprint density at radius 2 is 1.74 bits per heavy atom. The van der Waals surface area contributed by atoms with E-state index in [1.807, 2.05) is 48.5 Å². The Bertz CT molecular complexity index is 1410. The van der Waals surface area contributed by atoms with Crippen LogP contribution in [-0.2, 0) is 9.59 Å². The van der Waals surface area contributed by atoms with Crippen molar-refractivity contribution in [3.8, 4) is 11.5 Å². The van der Waals surface area contributed by atoms with Gasteiger partial charge in [-0.3, -0.25) is 9.59 Å². The van der Waals surface area contributed by atoms with Crippen LogP contribution in [0.5, 0.6) is 11.5 Å². The summed E-state index contributed by atoms with van der Waals surface area (Å²) >= 11 is 1.21. The highest BCUT2D eigenvalue weighted by Gasteiger charge is 2.39. The number of nitrogens with one attached hydrogen (secondary N) is 1. The largest absolute Gasteiger partial charge is 0.497 e. The molecule has 0 fully saturated rings. The van der Waals surface area contributed by atoms with Gasteiger partial charge in [0.05, 0.1) is 26.0 Å². The third-order valence-corrected chi connectivity index (χ3v) is 7.38. The number of benzene rings is 3. The fraction of sp³-hybridized carbons (Fsp3) is 0.214. The molecule has 0 saturated heterocycles. The molecule has 0 bridgehead atoms. The van der Waals surface area contributed by atoms with E-state index in [2.05, 4.69) is 10.3 Å². The smallest absolute Gasteiger partial charge is 0.262 e. The summed E-state index contributed by atoms with van der Waals surface area (Å²) in [6.45, 7) is 0. The van der Waals surface area contributed by atoms with Crippen molar-refractivity contribution in [2.45, 2.75) is 24.1 Å². The molecule has 2 heterocycles. The highest BCUT2D eigenvalue weighted by molar-refractivity contribution is 8.15. The zero-order valence-corrected chi connectivity index (χ0v) is 21.6. The Labute approximate surface area is 223 Å². The van der Waals surface area contributed by atoms with E-state index in [0.717, 1.165) is 28.3 Å². The summed E-state index contributed by atoms with van der Waals surface area (Å²) in [5, 5.41) is 8.99. The molecule has 10 heteroatoms. The summed E-state index contributed by atoms with van der Waals surface area (Å²) in [5.41, 5.74) is 3.10. The number of methoxy groups -OCH3 is 2. The molecule has 0 saturated carbocycles. The van der Waals surface area contributed by atoms with Crippen molar-refractivity contribution in [2.24, 2.45) is 10.1 Å². The molecule has 2 aliphatic rings. The Morgan fingerprint density at radius 1 is 1.05 bits per heavy atom. The summed E-state index contributed by atoms with van der Waals surface area (Å²) in [5.74, 6) is 0.233. The summed E-state index contributed by atoms with van der Waals surface area (Å²) in [7, 11) is 3.23. The van der Waals surface area contributed by atoms with Gasteiger partial charge in [-0.1, -0.05) is 30.0 Å². The Kier molecular flexibility index (Phi) is 7.41. The number of hydrazone groups is 1. The zero-order valence-electron chi connectivity index (χ0n) is 20.8. The van der Waals surface area contributed by atoms with Crippen molar-refractivity contribution in [3.05, 3.63) is 89.7 Å². The standard InChI is InChI=1S/C28H25FN4O4S/c1-36-21-10-6-17(7-11-21)23-15-24(18-8-12-22(37-2)13-9-18)33(32-23)28-31-27(35)25(38-28)16-26(34)30-20-5-3-4-19(29)14-20/h3-14,24-25H,15-16H2,1-2H3,(H,30,34)/t24-,25+/m0/s1. The average molecular weight is 533 g/mol. The van der Waals surface area contributed by atoms with Gasteiger partial charge in [-0.2, -0.15) is 10.1 Å². The molecule has 0 aliphatic carbocycles. The molecule has 2 amide bonds. The lowest BCUT2D eigenvalue weighted by atomic mass is 9.98. The molecule has 3 aromatic carbocycles. The number of carbonyl (C=O) groups is 2. The third-order valence-electron chi connectivity index (χ3n) is 6.24. The van der Waals surface area contributed by atoms with Crippen molar-refractivity contribution < 1.29 is 23.5 Å². The summed E-state index contributed by atoms with van der Waals surface area (Å²) in [6, 6.07) is 20.8. The minimum absolute atomic E-state index is 0.0941. The van der Waals surface area contributed by atoms with Crippen LogP contribution in [-0.4, -0.2) is 47.2 Å². The molecular weight excluding hydrogens is 507 g/mol. The number of hydrogen-bond donors (Lipinski definition) is 1. The van der Waals surface area contributed by atoms with Crippen molar-refractivity contribution in [2.75, 3.05) is 19.5 Å². The number of amidine groups is 1. The van der Waals surface area contributed by atoms with Gasteiger partial charge in [0, 0.05) is 18.5 Å². The fourth-order valence-corrected chi connectivity index (χ4v) is 5.34. The van der Waals surface area contributed by atoms with E-state index in [-0.39, 0.29) is 12.5 Å². The molecule has 2 aliphatic heterocycles. The van der Waals surface area contributed by atoms with Gasteiger partial charge in [-0.05, 0) is 65.7 Å². The van der Waals surface area contributed by atoms with Crippen LogP contribution < -0.4 is 14.8 Å². The highest BCUT2D eigenvalue weighted by Crippen LogP contribution is 2.39. The summed E-state index contributed by atoms with van der Waals surface area (Å²) < 4.78 is 24.0. The molecule has 0 aromatic heterocycles. The van der Waals surface area contributed by atoms with E-state index in [0.29, 0.717) is 17.3 Å². The second kappa shape index (κ2) is 11.1. The Balaban J connectivity index is 1.36. The quantitative estimate of drug-likeness (QED) is 0.459. The van der Waals surface area contributed by atoms with Crippen molar-refractivity contribution >= 4 is 40.1 Å². The van der Waals surface area contributed by atoms with Crippen LogP contribution >= 0.6 is 11.8 Å². The molecule has 0 unspecified atom stereocenters. The SMILES string of the molecule is COc1ccc(C2=NN(C3=NC(=O)[C@@H](CC(=O)Nc4cccc(F)c4)S3)[C@H](c3ccc(OC)cc3)C2)cc1. The lowest BCUT2D eigenvalue weighted by Gasteiger charge is -2.23. The summed E-state index contributed by atoms with van der Waals surface area (Å²) in [6.07, 6.45) is 0.500. The van der Waals surface area contributed by atoms with E-state index in [1.165, 1.54) is 30.0 Å². The Hall–Kier alpha value is -4.18. The van der Waals surface area contributed by atoms with Crippen molar-refractivity contribution in [1.82, 2.24) is 5.01 Å². The molecule has 1 N–H and O–H groups in total. The fourth-order valence-electron chi connectivity index (χ4n) is 4.28. The second-order valence-electron chi connectivity index (χ2n) is 8.71. The topological polar surface area (TPSA) is 92.6 Å². The maximum Gasteiger partial charge on any atom is 0.262 e. The number of ether oxygens (including phenoxy) is 2. The van der Waals surface area contributed by atoms with Crippen molar-refractivity contribution in [1.29, 1.82) is 0 Å². The summed E-state index contributed by atoms with van der Waals surface area (Å²) in [4.78, 5) is 29.6. The van der Waals surface area contributed by atoms with E-state index in [1.54, 1.807) is 25.3 Å². The van der Waals surface area contributed by atoms with Crippen LogP contribution in [0, 0.1) is 5.82 Å². The minimum Gasteiger partial charge on any atom is -0.497 e. The maximum atomic E-state index is 13.5. The first-order valence-electron chi connectivity index (χ1n) is 11.9. The zero-order chi connectivity index (χ0) is 26.6. The van der Waals surface area contributed by atoms with E-state index >= 15 is 0 Å². The van der Waals surface area contributed by atoms with Crippen molar-refractivity contribution in [3.63, 3.8) is 0 Å². The predicted octanol–water partition coefficient (Wildman–Crippen LogP) is 5.02. The number of halogens is 1. The predicted molar refractivity (Wildman–Crippen MR) is 145 cm³/mol. The normalized spacial score (nSPS) is 18.7. The van der Waals surface area contributed by atoms with Crippen LogP contribution in [0.15, 0.2) is 82.9 Å². The van der Waals surface area contributed by atoms with Gasteiger partial charge < -0.3 is 14.8 Å². The van der Waals surface area contributed by atoms with Crippen LogP contribution in [0.1, 0.15) is 30.0 Å². The number of hydrogen-bond acceptors (Lipinski definition) is 7. The van der Waals surface area contributed by atoms with Gasteiger partial charge in [-0.25, -0.2) is 9.40 Å². The van der Waals surface area contributed by atoms with Crippen LogP contribution in [0.3, 0.4) is 0 Å². The third kappa shape index (κ3) is 5.55. The molecule has 0 spiro atoms. The van der Waals surface area contributed by atoms with Gasteiger partial charge in [-0.15, -0.1) is 0 Å². The van der Waals surface area contributed by atoms with Gasteiger partial charge in [0.15, 0.2) is 5.17 Å². The molecule has 8 nitrogen and oxygen atoms in total. The van der Waals surface area contributed by atoms with Gasteiger partial charge in [0.25, 0.3) is 5.91 Å². The number of rotatable bonds is 7. The maximum absolute atomic E-state index is 13.5. The van der Waals surface area contributed by atoms with Gasteiger partial charge in [0.2, 0.25) is 5.91 Å². The molecule has 194 valence electrons. The molecule has 3 aromatic rings. The number of aliphatic imine (C=N–C) groups is 1. The second-order valence-corrected chi connectivity index (χ2v) is 9.88. The van der Waals surface area contributed by atoms with Crippen LogP contribution in [0.4, 0.5) is 10.1 Å². The van der Waals surface area contributed by atoms with Crippen LogP contribution in [0.25, 0.3) is 0 Å². The average Bonchev–Trinajstić information content (AvgIpc) is 3.52. The molecule has 2 atom stereocenters. The first-order chi connectivity index (χ1) is 18.4. The first-order valence-corrected chi connectivity index (χ1v) is 12.8. The van der Waals surface area contributed by atoms with E-state index < -0.39 is 22.9 Å². The van der Waals surface area contributed by atoms with Crippen LogP contribution in [0.2, 0.25) is 0 Å².